The number of amidine groups is 1. The minimum absolute atomic E-state index is 0.0905. The van der Waals surface area contributed by atoms with Gasteiger partial charge in [-0.3, -0.25) is 10.2 Å². The van der Waals surface area contributed by atoms with E-state index >= 15 is 0 Å². The summed E-state index contributed by atoms with van der Waals surface area (Å²) in [5, 5.41) is 36.7. The Bertz CT molecular complexity index is 784. The third kappa shape index (κ3) is 2.01. The fourth-order valence-corrected chi connectivity index (χ4v) is 2.60. The van der Waals surface area contributed by atoms with Gasteiger partial charge in [0.1, 0.15) is 29.8 Å². The van der Waals surface area contributed by atoms with Crippen molar-refractivity contribution in [1.29, 1.82) is 5.41 Å². The maximum absolute atomic E-state index is 11.9. The number of hydrogen-bond acceptors (Lipinski definition) is 7. The number of rotatable bonds is 3. The van der Waals surface area contributed by atoms with E-state index in [9.17, 15) is 15.0 Å². The molecule has 0 saturated carbocycles. The van der Waals surface area contributed by atoms with Gasteiger partial charge in [0.2, 0.25) is 0 Å². The van der Waals surface area contributed by atoms with E-state index in [4.69, 9.17) is 21.0 Å². The van der Waals surface area contributed by atoms with Crippen LogP contribution in [0.1, 0.15) is 11.8 Å². The Morgan fingerprint density at radius 3 is 2.82 bits per heavy atom. The van der Waals surface area contributed by atoms with Gasteiger partial charge in [-0.25, -0.2) is 4.98 Å². The molecule has 3 rings (SSSR count). The van der Waals surface area contributed by atoms with E-state index in [1.807, 2.05) is 0 Å². The molecule has 0 aromatic carbocycles. The summed E-state index contributed by atoms with van der Waals surface area (Å²) in [7, 11) is 0. The smallest absolute Gasteiger partial charge is 0.260 e. The van der Waals surface area contributed by atoms with Crippen LogP contribution in [0.25, 0.3) is 11.0 Å². The van der Waals surface area contributed by atoms with Crippen molar-refractivity contribution in [2.24, 2.45) is 5.73 Å². The third-order valence-electron chi connectivity index (χ3n) is 3.70. The summed E-state index contributed by atoms with van der Waals surface area (Å²) in [6.07, 6.45) is -2.09. The number of H-pyrrole nitrogens is 1. The molecule has 0 amide bonds. The van der Waals surface area contributed by atoms with E-state index in [1.165, 1.54) is 17.1 Å². The Kier molecular flexibility index (Phi) is 3.45. The lowest BCUT2D eigenvalue weighted by Crippen LogP contribution is -2.33. The predicted molar refractivity (Wildman–Crippen MR) is 74.4 cm³/mol. The molecule has 0 unspecified atom stereocenters. The van der Waals surface area contributed by atoms with Gasteiger partial charge in [-0.15, -0.1) is 0 Å². The average molecular weight is 309 g/mol. The van der Waals surface area contributed by atoms with Crippen LogP contribution in [-0.4, -0.2) is 60.6 Å². The largest absolute Gasteiger partial charge is 0.394 e. The van der Waals surface area contributed by atoms with Crippen LogP contribution < -0.4 is 11.3 Å². The molecule has 1 aliphatic rings. The molecule has 0 radical (unpaired) electrons. The minimum atomic E-state index is -1.33. The molecule has 10 heteroatoms. The standard InChI is InChI=1S/C12H15N5O5/c13-9(14)4-1-17(10-6(4)11(21)16-3-15-10)12-8(20)7(19)5(2-18)22-12/h1,3,5,7-8,12,18-20H,2H2,(H3,13,14)(H,15,16,21)/t5-,7-,8-,12-/m1/s1. The third-order valence-corrected chi connectivity index (χ3v) is 3.70. The lowest BCUT2D eigenvalue weighted by atomic mass is 10.1. The molecule has 2 aromatic rings. The first-order valence-corrected chi connectivity index (χ1v) is 6.50. The first-order valence-electron chi connectivity index (χ1n) is 6.50. The Morgan fingerprint density at radius 1 is 1.50 bits per heavy atom. The monoisotopic (exact) mass is 309 g/mol. The van der Waals surface area contributed by atoms with Crippen molar-refractivity contribution in [3.63, 3.8) is 0 Å². The topological polar surface area (TPSA) is 170 Å². The summed E-state index contributed by atoms with van der Waals surface area (Å²) < 4.78 is 6.74. The van der Waals surface area contributed by atoms with E-state index in [0.29, 0.717) is 0 Å². The highest BCUT2D eigenvalue weighted by Gasteiger charge is 2.44. The lowest BCUT2D eigenvalue weighted by Gasteiger charge is -2.17. The van der Waals surface area contributed by atoms with Crippen molar-refractivity contribution in [3.8, 4) is 0 Å². The molecule has 0 bridgehead atoms. The van der Waals surface area contributed by atoms with E-state index in [1.54, 1.807) is 0 Å². The second-order valence-corrected chi connectivity index (χ2v) is 5.02. The van der Waals surface area contributed by atoms with Crippen LogP contribution in [0, 0.1) is 5.41 Å². The van der Waals surface area contributed by atoms with Crippen molar-refractivity contribution >= 4 is 16.9 Å². The molecule has 0 aliphatic carbocycles. The molecule has 7 N–H and O–H groups in total. The molecular weight excluding hydrogens is 294 g/mol. The fraction of sp³-hybridized carbons (Fsp3) is 0.417. The molecule has 1 aliphatic heterocycles. The quantitative estimate of drug-likeness (QED) is 0.271. The second kappa shape index (κ2) is 5.18. The Labute approximate surface area is 123 Å². The summed E-state index contributed by atoms with van der Waals surface area (Å²) in [4.78, 5) is 18.4. The number of aromatic nitrogens is 3. The molecule has 3 heterocycles. The predicted octanol–water partition coefficient (Wildman–Crippen LogP) is -2.38. The molecule has 118 valence electrons. The van der Waals surface area contributed by atoms with Crippen LogP contribution in [0.3, 0.4) is 0 Å². The Balaban J connectivity index is 2.18. The summed E-state index contributed by atoms with van der Waals surface area (Å²) in [6, 6.07) is 0. The zero-order valence-corrected chi connectivity index (χ0v) is 11.3. The molecule has 2 aromatic heterocycles. The second-order valence-electron chi connectivity index (χ2n) is 5.02. The van der Waals surface area contributed by atoms with Crippen LogP contribution in [0.5, 0.6) is 0 Å². The summed E-state index contributed by atoms with van der Waals surface area (Å²) in [5.41, 5.74) is 5.28. The molecule has 10 nitrogen and oxygen atoms in total. The van der Waals surface area contributed by atoms with E-state index in [-0.39, 0.29) is 22.4 Å². The molecular formula is C12H15N5O5. The summed E-state index contributed by atoms with van der Waals surface area (Å²) in [6.45, 7) is -0.471. The molecule has 4 atom stereocenters. The zero-order valence-electron chi connectivity index (χ0n) is 11.3. The van der Waals surface area contributed by atoms with Gasteiger partial charge in [0, 0.05) is 11.8 Å². The van der Waals surface area contributed by atoms with Gasteiger partial charge in [0.25, 0.3) is 5.56 Å². The van der Waals surface area contributed by atoms with Gasteiger partial charge in [0.15, 0.2) is 6.23 Å². The number of ether oxygens (including phenoxy) is 1. The van der Waals surface area contributed by atoms with Crippen molar-refractivity contribution in [2.75, 3.05) is 6.61 Å². The van der Waals surface area contributed by atoms with Crippen LogP contribution in [0.15, 0.2) is 17.3 Å². The average Bonchev–Trinajstić information content (AvgIpc) is 3.00. The van der Waals surface area contributed by atoms with Crippen molar-refractivity contribution in [3.05, 3.63) is 28.4 Å². The number of aliphatic hydroxyl groups is 3. The highest BCUT2D eigenvalue weighted by atomic mass is 16.6. The number of aromatic amines is 1. The van der Waals surface area contributed by atoms with Gasteiger partial charge >= 0.3 is 0 Å². The minimum Gasteiger partial charge on any atom is -0.394 e. The summed E-state index contributed by atoms with van der Waals surface area (Å²) in [5.74, 6) is -0.339. The number of nitrogen functional groups attached to an aromatic ring is 1. The highest BCUT2D eigenvalue weighted by Crippen LogP contribution is 2.32. The first kappa shape index (κ1) is 14.7. The fourth-order valence-electron chi connectivity index (χ4n) is 2.60. The number of nitrogens with one attached hydrogen (secondary N) is 2. The van der Waals surface area contributed by atoms with Gasteiger partial charge < -0.3 is 35.3 Å². The van der Waals surface area contributed by atoms with E-state index in [2.05, 4.69) is 9.97 Å². The van der Waals surface area contributed by atoms with Crippen LogP contribution >= 0.6 is 0 Å². The van der Waals surface area contributed by atoms with Crippen LogP contribution in [0.4, 0.5) is 0 Å². The zero-order chi connectivity index (χ0) is 16.0. The van der Waals surface area contributed by atoms with Gasteiger partial charge in [-0.2, -0.15) is 0 Å². The lowest BCUT2D eigenvalue weighted by molar-refractivity contribution is -0.0508. The summed E-state index contributed by atoms with van der Waals surface area (Å²) >= 11 is 0. The highest BCUT2D eigenvalue weighted by molar-refractivity contribution is 6.06. The molecule has 22 heavy (non-hydrogen) atoms. The van der Waals surface area contributed by atoms with Gasteiger partial charge in [0.05, 0.1) is 18.3 Å². The van der Waals surface area contributed by atoms with Gasteiger partial charge in [-0.1, -0.05) is 0 Å². The van der Waals surface area contributed by atoms with Crippen LogP contribution in [-0.2, 0) is 4.74 Å². The number of nitrogens with two attached hydrogens (primary N) is 1. The number of hydrogen-bond donors (Lipinski definition) is 6. The van der Waals surface area contributed by atoms with E-state index in [0.717, 1.165) is 0 Å². The number of aliphatic hydroxyl groups excluding tert-OH is 3. The van der Waals surface area contributed by atoms with Crippen molar-refractivity contribution in [2.45, 2.75) is 24.5 Å². The Morgan fingerprint density at radius 2 is 2.23 bits per heavy atom. The van der Waals surface area contributed by atoms with E-state index < -0.39 is 36.7 Å². The van der Waals surface area contributed by atoms with Crippen LogP contribution in [0.2, 0.25) is 0 Å². The normalized spacial score (nSPS) is 28.3. The number of fused-ring (bicyclic) bond motifs is 1. The molecule has 1 saturated heterocycles. The van der Waals surface area contributed by atoms with Gasteiger partial charge in [-0.05, 0) is 0 Å². The SMILES string of the molecule is N=C(N)c1cn([C@@H]2O[C@H](CO)[C@@H](O)[C@H]2O)c2nc[nH]c(=O)c12. The molecule has 1 fully saturated rings. The van der Waals surface area contributed by atoms with Crippen molar-refractivity contribution < 1.29 is 20.1 Å². The molecule has 0 spiro atoms. The first-order chi connectivity index (χ1) is 10.5. The Hall–Kier alpha value is -2.27. The number of nitrogens with zero attached hydrogens (tertiary/aromatic N) is 2. The maximum Gasteiger partial charge on any atom is 0.260 e. The van der Waals surface area contributed by atoms with Crippen molar-refractivity contribution in [1.82, 2.24) is 14.5 Å². The maximum atomic E-state index is 11.9.